The Morgan fingerprint density at radius 3 is 2.69 bits per heavy atom. The maximum absolute atomic E-state index is 9.90. The van der Waals surface area contributed by atoms with Crippen molar-refractivity contribution in [2.45, 2.75) is 32.8 Å². The van der Waals surface area contributed by atoms with Crippen molar-refractivity contribution in [1.29, 1.82) is 0 Å². The van der Waals surface area contributed by atoms with Crippen molar-refractivity contribution in [2.75, 3.05) is 0 Å². The Morgan fingerprint density at radius 2 is 2.08 bits per heavy atom. The van der Waals surface area contributed by atoms with Crippen LogP contribution in [0.15, 0.2) is 6.07 Å². The first-order valence-electron chi connectivity index (χ1n) is 4.67. The molecule has 3 heteroatoms. The van der Waals surface area contributed by atoms with Gasteiger partial charge in [-0.15, -0.1) is 0 Å². The molecular weight excluding hydrogens is 164 g/mol. The molecule has 0 saturated heterocycles. The van der Waals surface area contributed by atoms with Gasteiger partial charge in [0.1, 0.15) is 0 Å². The van der Waals surface area contributed by atoms with Crippen molar-refractivity contribution in [2.24, 2.45) is 5.92 Å². The van der Waals surface area contributed by atoms with E-state index in [2.05, 4.69) is 10.2 Å². The summed E-state index contributed by atoms with van der Waals surface area (Å²) in [5, 5.41) is 17.8. The van der Waals surface area contributed by atoms with Crippen molar-refractivity contribution in [3.8, 4) is 0 Å². The van der Waals surface area contributed by atoms with Crippen molar-refractivity contribution in [1.82, 2.24) is 10.2 Å². The van der Waals surface area contributed by atoms with Gasteiger partial charge in [0.25, 0.3) is 0 Å². The molecule has 13 heavy (non-hydrogen) atoms. The number of hydrogen-bond acceptors (Lipinski definition) is 3. The zero-order valence-electron chi connectivity index (χ0n) is 7.99. The van der Waals surface area contributed by atoms with Crippen LogP contribution in [-0.4, -0.2) is 15.3 Å². The van der Waals surface area contributed by atoms with Crippen molar-refractivity contribution in [3.05, 3.63) is 23.0 Å². The average Bonchev–Trinajstić information content (AvgIpc) is 2.91. The normalized spacial score (nSPS) is 18.7. The van der Waals surface area contributed by atoms with Crippen LogP contribution in [-0.2, 0) is 0 Å². The van der Waals surface area contributed by atoms with E-state index in [1.807, 2.05) is 19.9 Å². The number of nitrogens with zero attached hydrogens (tertiary/aromatic N) is 2. The first-order valence-corrected chi connectivity index (χ1v) is 4.67. The van der Waals surface area contributed by atoms with Crippen LogP contribution in [0.2, 0.25) is 0 Å². The van der Waals surface area contributed by atoms with Crippen LogP contribution >= 0.6 is 0 Å². The number of rotatable bonds is 2. The lowest BCUT2D eigenvalue weighted by Gasteiger charge is -2.11. The molecule has 0 radical (unpaired) electrons. The van der Waals surface area contributed by atoms with Crippen LogP contribution in [0.1, 0.15) is 35.9 Å². The average molecular weight is 178 g/mol. The van der Waals surface area contributed by atoms with E-state index < -0.39 is 0 Å². The summed E-state index contributed by atoms with van der Waals surface area (Å²) in [5.74, 6) is 0.460. The SMILES string of the molecule is Cc1cc(C(O)C2CC2)c(C)nn1. The summed E-state index contributed by atoms with van der Waals surface area (Å²) in [7, 11) is 0. The lowest BCUT2D eigenvalue weighted by Crippen LogP contribution is -2.05. The molecule has 0 aromatic carbocycles. The number of aryl methyl sites for hydroxylation is 2. The maximum Gasteiger partial charge on any atom is 0.0837 e. The van der Waals surface area contributed by atoms with Gasteiger partial charge in [0.2, 0.25) is 0 Å². The smallest absolute Gasteiger partial charge is 0.0837 e. The Bertz CT molecular complexity index is 321. The molecule has 1 atom stereocenters. The van der Waals surface area contributed by atoms with Crippen LogP contribution in [0.25, 0.3) is 0 Å². The molecule has 3 nitrogen and oxygen atoms in total. The highest BCUT2D eigenvalue weighted by Gasteiger charge is 2.31. The fourth-order valence-electron chi connectivity index (χ4n) is 1.54. The first-order chi connectivity index (χ1) is 6.18. The van der Waals surface area contributed by atoms with E-state index in [1.165, 1.54) is 0 Å². The standard InChI is InChI=1S/C10H14N2O/c1-6-5-9(7(2)12-11-6)10(13)8-3-4-8/h5,8,10,13H,3-4H2,1-2H3. The minimum atomic E-state index is -0.325. The van der Waals surface area contributed by atoms with Gasteiger partial charge < -0.3 is 5.11 Å². The molecule has 1 unspecified atom stereocenters. The Hall–Kier alpha value is -0.960. The predicted molar refractivity (Wildman–Crippen MR) is 49.2 cm³/mol. The molecule has 1 saturated carbocycles. The van der Waals surface area contributed by atoms with Crippen LogP contribution in [0.4, 0.5) is 0 Å². The van der Waals surface area contributed by atoms with Crippen LogP contribution < -0.4 is 0 Å². The Labute approximate surface area is 77.8 Å². The molecule has 1 fully saturated rings. The van der Waals surface area contributed by atoms with Gasteiger partial charge >= 0.3 is 0 Å². The van der Waals surface area contributed by atoms with E-state index in [4.69, 9.17) is 0 Å². The molecule has 70 valence electrons. The highest BCUT2D eigenvalue weighted by molar-refractivity contribution is 5.23. The molecule has 1 aliphatic rings. The lowest BCUT2D eigenvalue weighted by molar-refractivity contribution is 0.152. The van der Waals surface area contributed by atoms with Crippen molar-refractivity contribution < 1.29 is 5.11 Å². The third-order valence-electron chi connectivity index (χ3n) is 2.53. The lowest BCUT2D eigenvalue weighted by atomic mass is 10.0. The van der Waals surface area contributed by atoms with Gasteiger partial charge in [0, 0.05) is 5.56 Å². The van der Waals surface area contributed by atoms with Crippen LogP contribution in [0, 0.1) is 19.8 Å². The molecule has 0 bridgehead atoms. The molecule has 1 N–H and O–H groups in total. The minimum Gasteiger partial charge on any atom is -0.388 e. The molecule has 0 amide bonds. The Morgan fingerprint density at radius 1 is 1.38 bits per heavy atom. The number of aromatic nitrogens is 2. The summed E-state index contributed by atoms with van der Waals surface area (Å²) in [4.78, 5) is 0. The van der Waals surface area contributed by atoms with Gasteiger partial charge in [-0.1, -0.05) is 0 Å². The minimum absolute atomic E-state index is 0.325. The molecule has 1 aromatic rings. The second-order valence-corrected chi connectivity index (χ2v) is 3.81. The van der Waals surface area contributed by atoms with Gasteiger partial charge in [-0.25, -0.2) is 0 Å². The number of hydrogen-bond donors (Lipinski definition) is 1. The zero-order chi connectivity index (χ0) is 9.42. The summed E-state index contributed by atoms with van der Waals surface area (Å²) < 4.78 is 0. The van der Waals surface area contributed by atoms with E-state index in [1.54, 1.807) is 0 Å². The zero-order valence-corrected chi connectivity index (χ0v) is 7.99. The van der Waals surface area contributed by atoms with Crippen molar-refractivity contribution in [3.63, 3.8) is 0 Å². The van der Waals surface area contributed by atoms with Crippen LogP contribution in [0.5, 0.6) is 0 Å². The van der Waals surface area contributed by atoms with Gasteiger partial charge in [-0.2, -0.15) is 10.2 Å². The fourth-order valence-corrected chi connectivity index (χ4v) is 1.54. The molecule has 0 spiro atoms. The van der Waals surface area contributed by atoms with Crippen molar-refractivity contribution >= 4 is 0 Å². The third-order valence-corrected chi connectivity index (χ3v) is 2.53. The van der Waals surface area contributed by atoms with E-state index in [0.29, 0.717) is 5.92 Å². The molecule has 0 aliphatic heterocycles. The summed E-state index contributed by atoms with van der Waals surface area (Å²) in [6, 6.07) is 1.94. The highest BCUT2D eigenvalue weighted by atomic mass is 16.3. The first kappa shape index (κ1) is 8.63. The van der Waals surface area contributed by atoms with E-state index >= 15 is 0 Å². The van der Waals surface area contributed by atoms with Gasteiger partial charge in [-0.05, 0) is 38.7 Å². The second kappa shape index (κ2) is 3.07. The summed E-state index contributed by atoms with van der Waals surface area (Å²) in [6.07, 6.45) is 1.96. The predicted octanol–water partition coefficient (Wildman–Crippen LogP) is 1.54. The second-order valence-electron chi connectivity index (χ2n) is 3.81. The largest absolute Gasteiger partial charge is 0.388 e. The van der Waals surface area contributed by atoms with E-state index in [9.17, 15) is 5.11 Å². The topological polar surface area (TPSA) is 46.0 Å². The van der Waals surface area contributed by atoms with E-state index in [-0.39, 0.29) is 6.10 Å². The molecular formula is C10H14N2O. The monoisotopic (exact) mass is 178 g/mol. The molecule has 2 rings (SSSR count). The molecule has 1 heterocycles. The van der Waals surface area contributed by atoms with Gasteiger partial charge in [0.15, 0.2) is 0 Å². The summed E-state index contributed by atoms with van der Waals surface area (Å²) in [5.41, 5.74) is 2.68. The number of aliphatic hydroxyl groups is 1. The van der Waals surface area contributed by atoms with E-state index in [0.717, 1.165) is 29.8 Å². The third kappa shape index (κ3) is 1.70. The molecule has 1 aliphatic carbocycles. The van der Waals surface area contributed by atoms with Crippen LogP contribution in [0.3, 0.4) is 0 Å². The summed E-state index contributed by atoms with van der Waals surface area (Å²) >= 11 is 0. The highest BCUT2D eigenvalue weighted by Crippen LogP contribution is 2.41. The Kier molecular flexibility index (Phi) is 2.04. The number of aliphatic hydroxyl groups excluding tert-OH is 1. The van der Waals surface area contributed by atoms with Gasteiger partial charge in [-0.3, -0.25) is 0 Å². The summed E-state index contributed by atoms with van der Waals surface area (Å²) in [6.45, 7) is 3.79. The quantitative estimate of drug-likeness (QED) is 0.747. The Balaban J connectivity index is 2.31. The fraction of sp³-hybridized carbons (Fsp3) is 0.600. The van der Waals surface area contributed by atoms with Gasteiger partial charge in [0.05, 0.1) is 17.5 Å². The maximum atomic E-state index is 9.90. The molecule has 1 aromatic heterocycles.